The Morgan fingerprint density at radius 2 is 1.48 bits per heavy atom. The number of hydrogen-bond acceptors (Lipinski definition) is 2. The summed E-state index contributed by atoms with van der Waals surface area (Å²) in [6.45, 7) is 12.7. The zero-order chi connectivity index (χ0) is 17.2. The monoisotopic (exact) mass is 310 g/mol. The van der Waals surface area contributed by atoms with Gasteiger partial charge in [0.15, 0.2) is 0 Å². The molecule has 2 heteroatoms. The Balaban J connectivity index is 2.32. The molecule has 122 valence electrons. The molecule has 0 fully saturated rings. The van der Waals surface area contributed by atoms with Crippen molar-refractivity contribution in [1.29, 1.82) is 0 Å². The highest BCUT2D eigenvalue weighted by atomic mass is 16.3. The van der Waals surface area contributed by atoms with Crippen LogP contribution in [0, 0.1) is 20.8 Å². The lowest BCUT2D eigenvalue weighted by atomic mass is 9.73. The average Bonchev–Trinajstić information content (AvgIpc) is 2.67. The summed E-state index contributed by atoms with van der Waals surface area (Å²) >= 11 is 0. The Hall–Kier alpha value is -1.96. The summed E-state index contributed by atoms with van der Waals surface area (Å²) in [7, 11) is 0. The molecule has 0 aromatic heterocycles. The van der Waals surface area contributed by atoms with Crippen molar-refractivity contribution < 1.29 is 10.2 Å². The van der Waals surface area contributed by atoms with E-state index in [9.17, 15) is 10.2 Å². The molecule has 23 heavy (non-hydrogen) atoms. The van der Waals surface area contributed by atoms with Crippen molar-refractivity contribution >= 4 is 0 Å². The molecule has 2 aromatic carbocycles. The third-order valence-electron chi connectivity index (χ3n) is 5.64. The van der Waals surface area contributed by atoms with Crippen LogP contribution in [0.2, 0.25) is 0 Å². The van der Waals surface area contributed by atoms with Crippen molar-refractivity contribution in [3.05, 3.63) is 57.6 Å². The topological polar surface area (TPSA) is 40.5 Å². The number of fused-ring (bicyclic) bond motifs is 1. The standard InChI is InChI=1S/C21H26O2/c1-12-9-15(10-13(2)19(12)23)21(6)11-20(4,5)16-7-8-17(22)14(3)18(16)21/h7-10,22-23H,11H2,1-6H3. The normalized spacial score (nSPS) is 22.2. The molecule has 0 aliphatic heterocycles. The number of rotatable bonds is 1. The van der Waals surface area contributed by atoms with E-state index in [-0.39, 0.29) is 10.8 Å². The van der Waals surface area contributed by atoms with Crippen LogP contribution >= 0.6 is 0 Å². The second-order valence-corrected chi connectivity index (χ2v) is 7.98. The molecule has 2 nitrogen and oxygen atoms in total. The van der Waals surface area contributed by atoms with Gasteiger partial charge < -0.3 is 10.2 Å². The number of phenolic OH excluding ortho intramolecular Hbond substituents is 2. The van der Waals surface area contributed by atoms with Crippen LogP contribution in [-0.4, -0.2) is 10.2 Å². The van der Waals surface area contributed by atoms with E-state index in [0.717, 1.165) is 23.1 Å². The second kappa shape index (κ2) is 4.77. The first-order chi connectivity index (χ1) is 10.6. The summed E-state index contributed by atoms with van der Waals surface area (Å²) in [5.74, 6) is 0.738. The van der Waals surface area contributed by atoms with Crippen molar-refractivity contribution in [2.24, 2.45) is 0 Å². The molecule has 0 bridgehead atoms. The van der Waals surface area contributed by atoms with Gasteiger partial charge in [0.1, 0.15) is 11.5 Å². The smallest absolute Gasteiger partial charge is 0.121 e. The van der Waals surface area contributed by atoms with Crippen molar-refractivity contribution in [3.8, 4) is 11.5 Å². The van der Waals surface area contributed by atoms with Gasteiger partial charge in [0.2, 0.25) is 0 Å². The minimum atomic E-state index is -0.162. The first-order valence-corrected chi connectivity index (χ1v) is 8.22. The molecule has 1 unspecified atom stereocenters. The van der Waals surface area contributed by atoms with E-state index < -0.39 is 0 Å². The third kappa shape index (κ3) is 2.15. The summed E-state index contributed by atoms with van der Waals surface area (Å²) in [6, 6.07) is 8.08. The van der Waals surface area contributed by atoms with Crippen molar-refractivity contribution in [3.63, 3.8) is 0 Å². The van der Waals surface area contributed by atoms with Crippen LogP contribution in [0.4, 0.5) is 0 Å². The molecule has 1 atom stereocenters. The number of hydrogen-bond donors (Lipinski definition) is 2. The maximum atomic E-state index is 10.2. The number of aryl methyl sites for hydroxylation is 2. The summed E-state index contributed by atoms with van der Waals surface area (Å²) in [5, 5.41) is 20.4. The highest BCUT2D eigenvalue weighted by molar-refractivity contribution is 5.59. The largest absolute Gasteiger partial charge is 0.508 e. The van der Waals surface area contributed by atoms with Gasteiger partial charge in [-0.15, -0.1) is 0 Å². The highest BCUT2D eigenvalue weighted by Gasteiger charge is 2.47. The Bertz CT molecular complexity index is 779. The number of aromatic hydroxyl groups is 2. The van der Waals surface area contributed by atoms with Gasteiger partial charge in [-0.2, -0.15) is 0 Å². The van der Waals surface area contributed by atoms with Crippen LogP contribution in [0.25, 0.3) is 0 Å². The first-order valence-electron chi connectivity index (χ1n) is 8.22. The van der Waals surface area contributed by atoms with Crippen LogP contribution in [0.15, 0.2) is 24.3 Å². The Morgan fingerprint density at radius 1 is 0.913 bits per heavy atom. The van der Waals surface area contributed by atoms with E-state index in [0.29, 0.717) is 11.5 Å². The van der Waals surface area contributed by atoms with Crippen LogP contribution < -0.4 is 0 Å². The SMILES string of the molecule is Cc1cc(C2(C)CC(C)(C)c3ccc(O)c(C)c32)cc(C)c1O. The van der Waals surface area contributed by atoms with Crippen LogP contribution in [0.5, 0.6) is 11.5 Å². The fourth-order valence-electron chi connectivity index (χ4n) is 4.56. The van der Waals surface area contributed by atoms with Gasteiger partial charge in [-0.25, -0.2) is 0 Å². The quantitative estimate of drug-likeness (QED) is 0.777. The van der Waals surface area contributed by atoms with Gasteiger partial charge in [-0.05, 0) is 72.1 Å². The van der Waals surface area contributed by atoms with Crippen molar-refractivity contribution in [1.82, 2.24) is 0 Å². The molecule has 3 rings (SSSR count). The predicted molar refractivity (Wildman–Crippen MR) is 94.5 cm³/mol. The van der Waals surface area contributed by atoms with Crippen LogP contribution in [0.1, 0.15) is 60.6 Å². The van der Waals surface area contributed by atoms with Gasteiger partial charge in [-0.1, -0.05) is 39.0 Å². The lowest BCUT2D eigenvalue weighted by Crippen LogP contribution is -2.24. The number of benzene rings is 2. The van der Waals surface area contributed by atoms with Crippen LogP contribution in [-0.2, 0) is 10.8 Å². The molecule has 1 aliphatic carbocycles. The third-order valence-corrected chi connectivity index (χ3v) is 5.64. The maximum absolute atomic E-state index is 10.2. The van der Waals surface area contributed by atoms with Gasteiger partial charge in [-0.3, -0.25) is 0 Å². The molecule has 0 heterocycles. The summed E-state index contributed by atoms with van der Waals surface area (Å²) in [5.41, 5.74) is 6.46. The summed E-state index contributed by atoms with van der Waals surface area (Å²) in [4.78, 5) is 0. The molecule has 2 aromatic rings. The lowest BCUT2D eigenvalue weighted by Gasteiger charge is -2.30. The summed E-state index contributed by atoms with van der Waals surface area (Å²) < 4.78 is 0. The predicted octanol–water partition coefficient (Wildman–Crippen LogP) is 5.01. The van der Waals surface area contributed by atoms with Crippen molar-refractivity contribution in [2.45, 2.75) is 58.8 Å². The highest BCUT2D eigenvalue weighted by Crippen LogP contribution is 2.55. The fraction of sp³-hybridized carbons (Fsp3) is 0.429. The Labute approximate surface area is 138 Å². The van der Waals surface area contributed by atoms with Crippen LogP contribution in [0.3, 0.4) is 0 Å². The molecular formula is C21H26O2. The number of phenols is 2. The van der Waals surface area contributed by atoms with E-state index >= 15 is 0 Å². The van der Waals surface area contributed by atoms with E-state index in [2.05, 4.69) is 39.0 Å². The van der Waals surface area contributed by atoms with Gasteiger partial charge in [0, 0.05) is 5.41 Å². The molecule has 0 radical (unpaired) electrons. The lowest BCUT2D eigenvalue weighted by molar-refractivity contribution is 0.421. The molecule has 0 saturated carbocycles. The molecule has 1 aliphatic rings. The Morgan fingerprint density at radius 3 is 2.04 bits per heavy atom. The van der Waals surface area contributed by atoms with Gasteiger partial charge in [0.05, 0.1) is 0 Å². The van der Waals surface area contributed by atoms with Gasteiger partial charge >= 0.3 is 0 Å². The van der Waals surface area contributed by atoms with Gasteiger partial charge in [0.25, 0.3) is 0 Å². The second-order valence-electron chi connectivity index (χ2n) is 7.98. The zero-order valence-electron chi connectivity index (χ0n) is 14.9. The molecule has 2 N–H and O–H groups in total. The first kappa shape index (κ1) is 15.9. The van der Waals surface area contributed by atoms with E-state index in [1.54, 1.807) is 0 Å². The zero-order valence-corrected chi connectivity index (χ0v) is 14.9. The minimum absolute atomic E-state index is 0.0578. The average molecular weight is 310 g/mol. The minimum Gasteiger partial charge on any atom is -0.508 e. The fourth-order valence-corrected chi connectivity index (χ4v) is 4.56. The molecular weight excluding hydrogens is 284 g/mol. The maximum Gasteiger partial charge on any atom is 0.121 e. The van der Waals surface area contributed by atoms with E-state index in [1.165, 1.54) is 16.7 Å². The van der Waals surface area contributed by atoms with Crippen molar-refractivity contribution in [2.75, 3.05) is 0 Å². The molecule has 0 spiro atoms. The molecule has 0 saturated heterocycles. The van der Waals surface area contributed by atoms with E-state index in [1.807, 2.05) is 26.8 Å². The molecule has 0 amide bonds. The summed E-state index contributed by atoms with van der Waals surface area (Å²) in [6.07, 6.45) is 0.989. The van der Waals surface area contributed by atoms with E-state index in [4.69, 9.17) is 0 Å². The Kier molecular flexibility index (Phi) is 3.30.